The molecule has 0 aromatic carbocycles. The number of piperidine rings is 1. The zero-order chi connectivity index (χ0) is 15.1. The van der Waals surface area contributed by atoms with Crippen molar-refractivity contribution in [3.8, 4) is 0 Å². The minimum atomic E-state index is -0.319. The Morgan fingerprint density at radius 3 is 2.57 bits per heavy atom. The molecule has 5 heteroatoms. The lowest BCUT2D eigenvalue weighted by Crippen LogP contribution is -2.41. The van der Waals surface area contributed by atoms with Gasteiger partial charge in [0.05, 0.1) is 11.2 Å². The summed E-state index contributed by atoms with van der Waals surface area (Å²) in [6.45, 7) is 10.5. The molecule has 0 aliphatic carbocycles. The summed E-state index contributed by atoms with van der Waals surface area (Å²) in [4.78, 5) is 4.30. The Kier molecular flexibility index (Phi) is 3.84. The summed E-state index contributed by atoms with van der Waals surface area (Å²) in [5, 5.41) is 3.48. The summed E-state index contributed by atoms with van der Waals surface area (Å²) < 4.78 is 12.4. The van der Waals surface area contributed by atoms with Crippen LogP contribution >= 0.6 is 0 Å². The van der Waals surface area contributed by atoms with Crippen molar-refractivity contribution in [3.63, 3.8) is 0 Å². The molecule has 1 aromatic heterocycles. The molecular formula is C16H25BN2O2. The molecule has 3 rings (SSSR count). The highest BCUT2D eigenvalue weighted by atomic mass is 16.7. The van der Waals surface area contributed by atoms with E-state index in [1.54, 1.807) is 0 Å². The summed E-state index contributed by atoms with van der Waals surface area (Å²) in [7, 11) is -0.319. The van der Waals surface area contributed by atoms with Crippen LogP contribution in [-0.2, 0) is 9.31 Å². The summed E-state index contributed by atoms with van der Waals surface area (Å²) in [5.41, 5.74) is 1.78. The van der Waals surface area contributed by atoms with Gasteiger partial charge in [0.25, 0.3) is 0 Å². The Morgan fingerprint density at radius 1 is 1.24 bits per heavy atom. The van der Waals surface area contributed by atoms with E-state index in [4.69, 9.17) is 9.31 Å². The first kappa shape index (κ1) is 15.0. The summed E-state index contributed by atoms with van der Waals surface area (Å²) in [5.74, 6) is 0.524. The SMILES string of the molecule is CC1(C)OB(c2cnccc2[C@H]2CCCNC2)OC1(C)C. The first-order chi connectivity index (χ1) is 9.91. The van der Waals surface area contributed by atoms with Crippen molar-refractivity contribution in [2.75, 3.05) is 13.1 Å². The maximum Gasteiger partial charge on any atom is 0.496 e. The molecule has 2 aliphatic heterocycles. The lowest BCUT2D eigenvalue weighted by atomic mass is 9.73. The first-order valence-corrected chi connectivity index (χ1v) is 7.91. The van der Waals surface area contributed by atoms with E-state index in [9.17, 15) is 0 Å². The second kappa shape index (κ2) is 5.38. The third-order valence-corrected chi connectivity index (χ3v) is 5.13. The van der Waals surface area contributed by atoms with Gasteiger partial charge >= 0.3 is 7.12 Å². The van der Waals surface area contributed by atoms with E-state index in [0.29, 0.717) is 5.92 Å². The predicted octanol–water partition coefficient (Wildman–Crippen LogP) is 1.85. The summed E-state index contributed by atoms with van der Waals surface area (Å²) >= 11 is 0. The standard InChI is InChI=1S/C16H25BN2O2/c1-15(2)16(3,4)21-17(20-15)14-11-19-9-7-13(14)12-6-5-8-18-10-12/h7,9,11-12,18H,5-6,8,10H2,1-4H3/t12-/m0/s1. The van der Waals surface area contributed by atoms with E-state index in [1.165, 1.54) is 18.4 Å². The van der Waals surface area contributed by atoms with Gasteiger partial charge in [-0.1, -0.05) is 0 Å². The van der Waals surface area contributed by atoms with Gasteiger partial charge in [0.1, 0.15) is 0 Å². The van der Waals surface area contributed by atoms with Crippen molar-refractivity contribution in [2.24, 2.45) is 0 Å². The lowest BCUT2D eigenvalue weighted by Gasteiger charge is -2.32. The first-order valence-electron chi connectivity index (χ1n) is 7.91. The molecule has 0 amide bonds. The number of nitrogens with one attached hydrogen (secondary N) is 1. The molecule has 0 spiro atoms. The van der Waals surface area contributed by atoms with Gasteiger partial charge in [-0.25, -0.2) is 0 Å². The molecule has 3 heterocycles. The fraction of sp³-hybridized carbons (Fsp3) is 0.688. The van der Waals surface area contributed by atoms with Crippen molar-refractivity contribution in [2.45, 2.75) is 57.7 Å². The third kappa shape index (κ3) is 2.74. The monoisotopic (exact) mass is 288 g/mol. The van der Waals surface area contributed by atoms with E-state index >= 15 is 0 Å². The van der Waals surface area contributed by atoms with Gasteiger partial charge in [-0.2, -0.15) is 0 Å². The van der Waals surface area contributed by atoms with Crippen LogP contribution in [0.25, 0.3) is 0 Å². The fourth-order valence-electron chi connectivity index (χ4n) is 3.07. The van der Waals surface area contributed by atoms with E-state index in [0.717, 1.165) is 18.6 Å². The van der Waals surface area contributed by atoms with Gasteiger partial charge in [0.2, 0.25) is 0 Å². The average Bonchev–Trinajstić information content (AvgIpc) is 2.68. The van der Waals surface area contributed by atoms with Crippen LogP contribution in [0, 0.1) is 0 Å². The Labute approximate surface area is 127 Å². The van der Waals surface area contributed by atoms with Crippen LogP contribution in [0.2, 0.25) is 0 Å². The third-order valence-electron chi connectivity index (χ3n) is 5.13. The van der Waals surface area contributed by atoms with Crippen molar-refractivity contribution >= 4 is 12.6 Å². The van der Waals surface area contributed by atoms with E-state index in [-0.39, 0.29) is 18.3 Å². The van der Waals surface area contributed by atoms with Gasteiger partial charge in [0, 0.05) is 24.4 Å². The van der Waals surface area contributed by atoms with Crippen LogP contribution in [0.1, 0.15) is 52.0 Å². The highest BCUT2D eigenvalue weighted by Gasteiger charge is 2.52. The van der Waals surface area contributed by atoms with Gasteiger partial charge in [-0.05, 0) is 64.6 Å². The molecule has 0 bridgehead atoms. The second-order valence-electron chi connectivity index (χ2n) is 7.14. The largest absolute Gasteiger partial charge is 0.496 e. The average molecular weight is 288 g/mol. The number of hydrogen-bond donors (Lipinski definition) is 1. The Bertz CT molecular complexity index is 497. The molecule has 1 aromatic rings. The molecule has 2 fully saturated rings. The molecule has 1 N–H and O–H groups in total. The van der Waals surface area contributed by atoms with Crippen LogP contribution < -0.4 is 10.8 Å². The summed E-state index contributed by atoms with van der Waals surface area (Å²) in [6.07, 6.45) is 6.21. The summed E-state index contributed by atoms with van der Waals surface area (Å²) in [6, 6.07) is 2.12. The smallest absolute Gasteiger partial charge is 0.399 e. The molecule has 4 nitrogen and oxygen atoms in total. The fourth-order valence-corrected chi connectivity index (χ4v) is 3.07. The van der Waals surface area contributed by atoms with Gasteiger partial charge in [-0.3, -0.25) is 4.98 Å². The molecule has 2 aliphatic rings. The van der Waals surface area contributed by atoms with Gasteiger partial charge < -0.3 is 14.6 Å². The minimum Gasteiger partial charge on any atom is -0.399 e. The van der Waals surface area contributed by atoms with Gasteiger partial charge in [0.15, 0.2) is 0 Å². The van der Waals surface area contributed by atoms with Crippen molar-refractivity contribution in [1.82, 2.24) is 10.3 Å². The number of pyridine rings is 1. The quantitative estimate of drug-likeness (QED) is 0.843. The molecule has 0 radical (unpaired) electrons. The van der Waals surface area contributed by atoms with Crippen LogP contribution in [-0.4, -0.2) is 36.4 Å². The van der Waals surface area contributed by atoms with Crippen molar-refractivity contribution in [3.05, 3.63) is 24.0 Å². The molecule has 1 atom stereocenters. The van der Waals surface area contributed by atoms with Crippen LogP contribution in [0.5, 0.6) is 0 Å². The minimum absolute atomic E-state index is 0.310. The molecule has 114 valence electrons. The van der Waals surface area contributed by atoms with Crippen molar-refractivity contribution < 1.29 is 9.31 Å². The second-order valence-corrected chi connectivity index (χ2v) is 7.14. The predicted molar refractivity (Wildman–Crippen MR) is 84.8 cm³/mol. The Morgan fingerprint density at radius 2 is 1.95 bits per heavy atom. The van der Waals surface area contributed by atoms with Gasteiger partial charge in [-0.15, -0.1) is 0 Å². The molecule has 0 unspecified atom stereocenters. The number of aromatic nitrogens is 1. The maximum absolute atomic E-state index is 6.20. The van der Waals surface area contributed by atoms with E-state index < -0.39 is 0 Å². The molecular weight excluding hydrogens is 263 g/mol. The number of rotatable bonds is 2. The van der Waals surface area contributed by atoms with E-state index in [2.05, 4.69) is 44.1 Å². The lowest BCUT2D eigenvalue weighted by molar-refractivity contribution is 0.00578. The highest BCUT2D eigenvalue weighted by molar-refractivity contribution is 6.62. The highest BCUT2D eigenvalue weighted by Crippen LogP contribution is 2.37. The molecule has 2 saturated heterocycles. The topological polar surface area (TPSA) is 43.4 Å². The molecule has 0 saturated carbocycles. The zero-order valence-corrected chi connectivity index (χ0v) is 13.5. The number of hydrogen-bond acceptors (Lipinski definition) is 4. The Balaban J connectivity index is 1.89. The number of nitrogens with zero attached hydrogens (tertiary/aromatic N) is 1. The zero-order valence-electron chi connectivity index (χ0n) is 13.5. The Hall–Kier alpha value is -0.905. The van der Waals surface area contributed by atoms with Crippen LogP contribution in [0.3, 0.4) is 0 Å². The normalized spacial score (nSPS) is 27.8. The maximum atomic E-state index is 6.20. The van der Waals surface area contributed by atoms with Crippen LogP contribution in [0.15, 0.2) is 18.5 Å². The van der Waals surface area contributed by atoms with E-state index in [1.807, 2.05) is 12.4 Å². The van der Waals surface area contributed by atoms with Crippen molar-refractivity contribution in [1.29, 1.82) is 0 Å². The molecule has 21 heavy (non-hydrogen) atoms. The van der Waals surface area contributed by atoms with Crippen LogP contribution in [0.4, 0.5) is 0 Å².